The van der Waals surface area contributed by atoms with E-state index >= 15 is 0 Å². The molecule has 3 heterocycles. The van der Waals surface area contributed by atoms with Crippen LogP contribution in [0.4, 0.5) is 4.79 Å². The van der Waals surface area contributed by atoms with Crippen molar-refractivity contribution in [1.82, 2.24) is 15.5 Å². The molecule has 5 nitrogen and oxygen atoms in total. The number of piperidine rings is 3. The maximum absolute atomic E-state index is 11.8. The molecule has 2 unspecified atom stereocenters. The van der Waals surface area contributed by atoms with Gasteiger partial charge in [-0.1, -0.05) is 13.8 Å². The van der Waals surface area contributed by atoms with Crippen LogP contribution >= 0.6 is 0 Å². The molecule has 3 saturated heterocycles. The van der Waals surface area contributed by atoms with Gasteiger partial charge in [-0.05, 0) is 58.5 Å². The smallest absolute Gasteiger partial charge is 0.407 e. The molecule has 1 amide bonds. The number of carbonyl (C=O) groups excluding carboxylic acids is 1. The molecule has 0 spiro atoms. The van der Waals surface area contributed by atoms with Gasteiger partial charge in [0.15, 0.2) is 0 Å². The van der Waals surface area contributed by atoms with Gasteiger partial charge in [-0.25, -0.2) is 4.79 Å². The highest BCUT2D eigenvalue weighted by molar-refractivity contribution is 5.67. The van der Waals surface area contributed by atoms with Crippen molar-refractivity contribution in [2.24, 2.45) is 11.8 Å². The van der Waals surface area contributed by atoms with Gasteiger partial charge < -0.3 is 20.3 Å². The monoisotopic (exact) mass is 311 g/mol. The third-order valence-electron chi connectivity index (χ3n) is 4.75. The lowest BCUT2D eigenvalue weighted by Crippen LogP contribution is -2.60. The van der Waals surface area contributed by atoms with E-state index in [-0.39, 0.29) is 12.1 Å². The molecule has 2 N–H and O–H groups in total. The minimum absolute atomic E-state index is 0.290. The number of nitrogens with one attached hydrogen (secondary N) is 2. The van der Waals surface area contributed by atoms with Crippen LogP contribution in [0.3, 0.4) is 0 Å². The van der Waals surface area contributed by atoms with Crippen molar-refractivity contribution in [1.29, 1.82) is 0 Å². The largest absolute Gasteiger partial charge is 0.444 e. The number of hydrogen-bond acceptors (Lipinski definition) is 4. The van der Waals surface area contributed by atoms with Gasteiger partial charge >= 0.3 is 6.09 Å². The van der Waals surface area contributed by atoms with E-state index in [1.807, 2.05) is 20.8 Å². The SMILES string of the molecule is CC(C)C(CNC(=O)OC(C)(C)C)NC1CN2CCC1CC2. The van der Waals surface area contributed by atoms with Crippen molar-refractivity contribution >= 4 is 6.09 Å². The molecule has 0 aromatic heterocycles. The zero-order chi connectivity index (χ0) is 16.3. The van der Waals surface area contributed by atoms with Crippen LogP contribution in [-0.4, -0.2) is 54.9 Å². The number of hydrogen-bond donors (Lipinski definition) is 2. The Labute approximate surface area is 135 Å². The minimum Gasteiger partial charge on any atom is -0.444 e. The predicted molar refractivity (Wildman–Crippen MR) is 89.0 cm³/mol. The van der Waals surface area contributed by atoms with E-state index in [2.05, 4.69) is 29.4 Å². The molecule has 3 aliphatic heterocycles. The van der Waals surface area contributed by atoms with E-state index in [0.717, 1.165) is 12.5 Å². The van der Waals surface area contributed by atoms with Crippen LogP contribution in [0, 0.1) is 11.8 Å². The molecule has 0 aromatic carbocycles. The maximum Gasteiger partial charge on any atom is 0.407 e. The second-order valence-electron chi connectivity index (χ2n) is 8.14. The Morgan fingerprint density at radius 3 is 2.36 bits per heavy atom. The lowest BCUT2D eigenvalue weighted by Gasteiger charge is -2.46. The number of alkyl carbamates (subject to hydrolysis) is 1. The predicted octanol–water partition coefficient (Wildman–Crippen LogP) is 2.22. The summed E-state index contributed by atoms with van der Waals surface area (Å²) in [4.78, 5) is 14.4. The lowest BCUT2D eigenvalue weighted by molar-refractivity contribution is 0.0489. The summed E-state index contributed by atoms with van der Waals surface area (Å²) in [6, 6.07) is 0.855. The zero-order valence-electron chi connectivity index (χ0n) is 14.8. The standard InChI is InChI=1S/C17H33N3O2/c1-12(2)14(10-18-16(21)22-17(3,4)5)19-15-11-20-8-6-13(15)7-9-20/h12-15,19H,6-11H2,1-5H3,(H,18,21). The van der Waals surface area contributed by atoms with Crippen molar-refractivity contribution in [3.05, 3.63) is 0 Å². The van der Waals surface area contributed by atoms with Crippen molar-refractivity contribution in [2.45, 2.75) is 65.1 Å². The molecule has 0 aromatic rings. The Morgan fingerprint density at radius 1 is 1.27 bits per heavy atom. The van der Waals surface area contributed by atoms with Crippen LogP contribution in [0.15, 0.2) is 0 Å². The van der Waals surface area contributed by atoms with Gasteiger partial charge in [0.05, 0.1) is 0 Å². The van der Waals surface area contributed by atoms with Gasteiger partial charge in [0, 0.05) is 25.2 Å². The number of rotatable bonds is 5. The summed E-state index contributed by atoms with van der Waals surface area (Å²) in [5.41, 5.74) is -0.444. The van der Waals surface area contributed by atoms with Crippen LogP contribution in [0.25, 0.3) is 0 Å². The quantitative estimate of drug-likeness (QED) is 0.817. The molecule has 0 aliphatic carbocycles. The first kappa shape index (κ1) is 17.5. The maximum atomic E-state index is 11.8. The van der Waals surface area contributed by atoms with Crippen LogP contribution in [0.5, 0.6) is 0 Å². The number of fused-ring (bicyclic) bond motifs is 3. The second kappa shape index (κ2) is 7.18. The van der Waals surface area contributed by atoms with Crippen LogP contribution in [0.1, 0.15) is 47.5 Å². The summed E-state index contributed by atoms with van der Waals surface area (Å²) in [7, 11) is 0. The molecule has 3 fully saturated rings. The molecule has 2 atom stereocenters. The average molecular weight is 311 g/mol. The number of ether oxygens (including phenoxy) is 1. The van der Waals surface area contributed by atoms with Crippen LogP contribution in [0.2, 0.25) is 0 Å². The summed E-state index contributed by atoms with van der Waals surface area (Å²) < 4.78 is 5.32. The third-order valence-corrected chi connectivity index (χ3v) is 4.75. The highest BCUT2D eigenvalue weighted by atomic mass is 16.6. The minimum atomic E-state index is -0.444. The van der Waals surface area contributed by atoms with Gasteiger partial charge in [0.25, 0.3) is 0 Å². The second-order valence-corrected chi connectivity index (χ2v) is 8.14. The Bertz CT molecular complexity index is 371. The van der Waals surface area contributed by atoms with Crippen molar-refractivity contribution < 1.29 is 9.53 Å². The summed E-state index contributed by atoms with van der Waals surface area (Å²) in [6.45, 7) is 14.4. The summed E-state index contributed by atoms with van der Waals surface area (Å²) in [5.74, 6) is 1.28. The van der Waals surface area contributed by atoms with E-state index in [1.165, 1.54) is 25.9 Å². The molecule has 0 radical (unpaired) electrons. The Kier molecular flexibility index (Phi) is 5.72. The van der Waals surface area contributed by atoms with E-state index < -0.39 is 5.60 Å². The number of carbonyl (C=O) groups is 1. The van der Waals surface area contributed by atoms with Crippen molar-refractivity contribution in [2.75, 3.05) is 26.2 Å². The van der Waals surface area contributed by atoms with Gasteiger partial charge in [0.2, 0.25) is 0 Å². The molecule has 22 heavy (non-hydrogen) atoms. The molecule has 3 rings (SSSR count). The average Bonchev–Trinajstić information content (AvgIpc) is 2.42. The first-order chi connectivity index (χ1) is 10.2. The first-order valence-corrected chi connectivity index (χ1v) is 8.70. The molecule has 128 valence electrons. The van der Waals surface area contributed by atoms with E-state index in [4.69, 9.17) is 4.74 Å². The van der Waals surface area contributed by atoms with E-state index in [1.54, 1.807) is 0 Å². The van der Waals surface area contributed by atoms with Gasteiger partial charge in [-0.15, -0.1) is 0 Å². The zero-order valence-corrected chi connectivity index (χ0v) is 14.8. The van der Waals surface area contributed by atoms with Crippen molar-refractivity contribution in [3.8, 4) is 0 Å². The van der Waals surface area contributed by atoms with Crippen LogP contribution < -0.4 is 10.6 Å². The van der Waals surface area contributed by atoms with Gasteiger partial charge in [-0.3, -0.25) is 0 Å². The molecule has 3 aliphatic rings. The summed E-state index contributed by atoms with van der Waals surface area (Å²) >= 11 is 0. The summed E-state index contributed by atoms with van der Waals surface area (Å²) in [5, 5.41) is 6.71. The van der Waals surface area contributed by atoms with Gasteiger partial charge in [-0.2, -0.15) is 0 Å². The normalized spacial score (nSPS) is 29.5. The molecule has 5 heteroatoms. The topological polar surface area (TPSA) is 53.6 Å². The lowest BCUT2D eigenvalue weighted by atomic mass is 9.83. The van der Waals surface area contributed by atoms with E-state index in [0.29, 0.717) is 18.5 Å². The number of nitrogens with zero attached hydrogens (tertiary/aromatic N) is 1. The highest BCUT2D eigenvalue weighted by Gasteiger charge is 2.35. The molecular weight excluding hydrogens is 278 g/mol. The fourth-order valence-corrected chi connectivity index (χ4v) is 3.42. The molecular formula is C17H33N3O2. The van der Waals surface area contributed by atoms with Gasteiger partial charge in [0.1, 0.15) is 5.60 Å². The number of amides is 1. The Hall–Kier alpha value is -0.810. The van der Waals surface area contributed by atoms with Crippen molar-refractivity contribution in [3.63, 3.8) is 0 Å². The molecule has 0 saturated carbocycles. The first-order valence-electron chi connectivity index (χ1n) is 8.70. The Morgan fingerprint density at radius 2 is 1.91 bits per heavy atom. The summed E-state index contributed by atoms with van der Waals surface area (Å²) in [6.07, 6.45) is 2.29. The van der Waals surface area contributed by atoms with E-state index in [9.17, 15) is 4.79 Å². The van der Waals surface area contributed by atoms with Crippen LogP contribution in [-0.2, 0) is 4.74 Å². The fraction of sp³-hybridized carbons (Fsp3) is 0.941. The fourth-order valence-electron chi connectivity index (χ4n) is 3.42. The Balaban J connectivity index is 1.81. The highest BCUT2D eigenvalue weighted by Crippen LogP contribution is 2.28. The third kappa shape index (κ3) is 5.13. The molecule has 2 bridgehead atoms.